The van der Waals surface area contributed by atoms with Crippen LogP contribution in [0.15, 0.2) is 29.3 Å². The Balaban J connectivity index is 2.71. The van der Waals surface area contributed by atoms with Gasteiger partial charge in [-0.3, -0.25) is 14.7 Å². The molecule has 1 aromatic rings. The van der Waals surface area contributed by atoms with Gasteiger partial charge in [0.15, 0.2) is 0 Å². The zero-order chi connectivity index (χ0) is 13.5. The van der Waals surface area contributed by atoms with Crippen LogP contribution in [-0.4, -0.2) is 27.6 Å². The lowest BCUT2D eigenvalue weighted by molar-refractivity contribution is -0.385. The second-order valence-corrected chi connectivity index (χ2v) is 3.91. The fourth-order valence-corrected chi connectivity index (χ4v) is 1.39. The third-order valence-corrected chi connectivity index (χ3v) is 2.25. The van der Waals surface area contributed by atoms with Gasteiger partial charge in [0.25, 0.3) is 0 Å². The number of nitrogens with zero attached hydrogens (tertiary/aromatic N) is 3. The molecule has 0 aliphatic heterocycles. The second kappa shape index (κ2) is 6.65. The number of nitro groups is 1. The number of hydrogen-bond donors (Lipinski definition) is 1. The van der Waals surface area contributed by atoms with Crippen LogP contribution < -0.4 is 11.0 Å². The van der Waals surface area contributed by atoms with E-state index in [1.807, 2.05) is 6.92 Å². The molecule has 0 atom stereocenters. The van der Waals surface area contributed by atoms with Gasteiger partial charge in [-0.1, -0.05) is 13.5 Å². The van der Waals surface area contributed by atoms with Crippen molar-refractivity contribution in [3.8, 4) is 0 Å². The number of aromatic nitrogens is 2. The Bertz CT molecular complexity index is 495. The molecule has 1 heterocycles. The summed E-state index contributed by atoms with van der Waals surface area (Å²) in [4.78, 5) is 24.9. The van der Waals surface area contributed by atoms with Crippen molar-refractivity contribution < 1.29 is 4.92 Å². The largest absolute Gasteiger partial charge is 0.348 e. The van der Waals surface area contributed by atoms with Gasteiger partial charge in [0.1, 0.15) is 6.20 Å². The molecular weight excluding hydrogens is 236 g/mol. The van der Waals surface area contributed by atoms with Gasteiger partial charge in [0.2, 0.25) is 0 Å². The van der Waals surface area contributed by atoms with Crippen molar-refractivity contribution in [3.05, 3.63) is 45.1 Å². The lowest BCUT2D eigenvalue weighted by Gasteiger charge is -2.08. The minimum Gasteiger partial charge on any atom is -0.313 e. The number of rotatable bonds is 7. The van der Waals surface area contributed by atoms with E-state index < -0.39 is 10.6 Å². The molecular formula is C11H16N4O3. The van der Waals surface area contributed by atoms with Gasteiger partial charge < -0.3 is 5.32 Å². The summed E-state index contributed by atoms with van der Waals surface area (Å²) in [5, 5.41) is 13.7. The van der Waals surface area contributed by atoms with E-state index in [9.17, 15) is 14.9 Å². The van der Waals surface area contributed by atoms with Crippen molar-refractivity contribution in [1.82, 2.24) is 14.9 Å². The zero-order valence-electron chi connectivity index (χ0n) is 10.3. The highest BCUT2D eigenvalue weighted by Crippen LogP contribution is 2.05. The summed E-state index contributed by atoms with van der Waals surface area (Å²) >= 11 is 0. The molecule has 0 amide bonds. The average molecular weight is 252 g/mol. The summed E-state index contributed by atoms with van der Waals surface area (Å²) in [6.07, 6.45) is 3.14. The predicted molar refractivity (Wildman–Crippen MR) is 67.5 cm³/mol. The normalized spacial score (nSPS) is 10.3. The molecule has 18 heavy (non-hydrogen) atoms. The quantitative estimate of drug-likeness (QED) is 0.334. The highest BCUT2D eigenvalue weighted by molar-refractivity contribution is 5.20. The molecule has 0 spiro atoms. The smallest absolute Gasteiger partial charge is 0.313 e. The molecule has 0 unspecified atom stereocenters. The Morgan fingerprint density at radius 2 is 2.39 bits per heavy atom. The van der Waals surface area contributed by atoms with Gasteiger partial charge in [-0.05, 0) is 18.5 Å². The van der Waals surface area contributed by atoms with Crippen LogP contribution >= 0.6 is 0 Å². The SMILES string of the molecule is C=C(CNCCC)Cn1cc([N+](=O)[O-])cnc1=O. The van der Waals surface area contributed by atoms with Crippen molar-refractivity contribution in [1.29, 1.82) is 0 Å². The Labute approximate surface area is 104 Å². The van der Waals surface area contributed by atoms with Gasteiger partial charge in [-0.25, -0.2) is 4.79 Å². The first-order valence-corrected chi connectivity index (χ1v) is 5.62. The highest BCUT2D eigenvalue weighted by atomic mass is 16.6. The summed E-state index contributed by atoms with van der Waals surface area (Å²) in [5.74, 6) is 0. The maximum absolute atomic E-state index is 11.4. The maximum atomic E-state index is 11.4. The maximum Gasteiger partial charge on any atom is 0.348 e. The van der Waals surface area contributed by atoms with Gasteiger partial charge in [0, 0.05) is 13.1 Å². The molecule has 0 saturated heterocycles. The first kappa shape index (κ1) is 14.0. The highest BCUT2D eigenvalue weighted by Gasteiger charge is 2.09. The Hall–Kier alpha value is -2.02. The molecule has 1 N–H and O–H groups in total. The molecule has 1 rings (SSSR count). The van der Waals surface area contributed by atoms with Gasteiger partial charge >= 0.3 is 11.4 Å². The third kappa shape index (κ3) is 4.10. The minimum absolute atomic E-state index is 0.205. The molecule has 0 saturated carbocycles. The fourth-order valence-electron chi connectivity index (χ4n) is 1.39. The van der Waals surface area contributed by atoms with E-state index in [4.69, 9.17) is 0 Å². The van der Waals surface area contributed by atoms with Crippen LogP contribution in [-0.2, 0) is 6.54 Å². The van der Waals surface area contributed by atoms with Crippen LogP contribution in [0.4, 0.5) is 5.69 Å². The third-order valence-electron chi connectivity index (χ3n) is 2.25. The topological polar surface area (TPSA) is 90.1 Å². The van der Waals surface area contributed by atoms with Crippen molar-refractivity contribution in [2.24, 2.45) is 0 Å². The van der Waals surface area contributed by atoms with E-state index in [-0.39, 0.29) is 12.2 Å². The fraction of sp³-hybridized carbons (Fsp3) is 0.455. The lowest BCUT2D eigenvalue weighted by atomic mass is 10.3. The summed E-state index contributed by atoms with van der Waals surface area (Å²) in [6.45, 7) is 7.52. The van der Waals surface area contributed by atoms with Crippen LogP contribution in [0.5, 0.6) is 0 Å². The minimum atomic E-state index is -0.582. The second-order valence-electron chi connectivity index (χ2n) is 3.91. The zero-order valence-corrected chi connectivity index (χ0v) is 10.3. The van der Waals surface area contributed by atoms with E-state index in [0.717, 1.165) is 24.7 Å². The molecule has 0 radical (unpaired) electrons. The lowest BCUT2D eigenvalue weighted by Crippen LogP contribution is -2.26. The van der Waals surface area contributed by atoms with E-state index in [0.29, 0.717) is 6.54 Å². The van der Waals surface area contributed by atoms with Crippen molar-refractivity contribution in [2.45, 2.75) is 19.9 Å². The molecule has 1 aromatic heterocycles. The van der Waals surface area contributed by atoms with Crippen LogP contribution in [0, 0.1) is 10.1 Å². The van der Waals surface area contributed by atoms with Gasteiger partial charge in [-0.15, -0.1) is 0 Å². The Morgan fingerprint density at radius 3 is 3.00 bits per heavy atom. The molecule has 7 nitrogen and oxygen atoms in total. The Morgan fingerprint density at radius 1 is 1.67 bits per heavy atom. The molecule has 98 valence electrons. The van der Waals surface area contributed by atoms with Gasteiger partial charge in [-0.2, -0.15) is 4.98 Å². The predicted octanol–water partition coefficient (Wildman–Crippen LogP) is 0.707. The van der Waals surface area contributed by atoms with Gasteiger partial charge in [0.05, 0.1) is 11.1 Å². The standard InChI is InChI=1S/C11H16N4O3/c1-3-4-12-5-9(2)7-14-8-10(15(17)18)6-13-11(14)16/h6,8,12H,2-5,7H2,1H3. The van der Waals surface area contributed by atoms with E-state index in [1.165, 1.54) is 10.8 Å². The molecule has 0 bridgehead atoms. The van der Waals surface area contributed by atoms with E-state index >= 15 is 0 Å². The van der Waals surface area contributed by atoms with Crippen LogP contribution in [0.25, 0.3) is 0 Å². The molecule has 0 aliphatic rings. The molecule has 0 aliphatic carbocycles. The number of hydrogen-bond acceptors (Lipinski definition) is 5. The average Bonchev–Trinajstić information content (AvgIpc) is 2.32. The van der Waals surface area contributed by atoms with Crippen molar-refractivity contribution in [3.63, 3.8) is 0 Å². The molecule has 7 heteroatoms. The summed E-state index contributed by atoms with van der Waals surface area (Å²) in [6, 6.07) is 0. The van der Waals surface area contributed by atoms with Crippen LogP contribution in [0.2, 0.25) is 0 Å². The summed E-state index contributed by atoms with van der Waals surface area (Å²) < 4.78 is 1.19. The van der Waals surface area contributed by atoms with Crippen molar-refractivity contribution >= 4 is 5.69 Å². The molecule has 0 aromatic carbocycles. The van der Waals surface area contributed by atoms with E-state index in [1.54, 1.807) is 0 Å². The van der Waals surface area contributed by atoms with Crippen molar-refractivity contribution in [2.75, 3.05) is 13.1 Å². The Kier molecular flexibility index (Phi) is 5.19. The summed E-state index contributed by atoms with van der Waals surface area (Å²) in [5.41, 5.74) is 0.0500. The molecule has 0 fully saturated rings. The number of nitrogens with one attached hydrogen (secondary N) is 1. The van der Waals surface area contributed by atoms with E-state index in [2.05, 4.69) is 16.9 Å². The van der Waals surface area contributed by atoms with Crippen LogP contribution in [0.1, 0.15) is 13.3 Å². The summed E-state index contributed by atoms with van der Waals surface area (Å²) in [7, 11) is 0. The first-order chi connectivity index (χ1) is 8.54. The monoisotopic (exact) mass is 252 g/mol. The van der Waals surface area contributed by atoms with Crippen LogP contribution in [0.3, 0.4) is 0 Å². The first-order valence-electron chi connectivity index (χ1n) is 5.62.